The van der Waals surface area contributed by atoms with Crippen molar-refractivity contribution < 1.29 is 14.7 Å². The van der Waals surface area contributed by atoms with Gasteiger partial charge >= 0.3 is 5.97 Å². The van der Waals surface area contributed by atoms with Crippen LogP contribution in [0.25, 0.3) is 0 Å². The molecule has 0 rings (SSSR count). The first-order valence-corrected chi connectivity index (χ1v) is 5.61. The molecule has 0 radical (unpaired) electrons. The summed E-state index contributed by atoms with van der Waals surface area (Å²) in [5, 5.41) is 13.8. The van der Waals surface area contributed by atoms with Crippen LogP contribution in [0, 0.1) is 0 Å². The summed E-state index contributed by atoms with van der Waals surface area (Å²) in [5.41, 5.74) is 0. The van der Waals surface area contributed by atoms with Crippen LogP contribution in [0.15, 0.2) is 0 Å². The van der Waals surface area contributed by atoms with Crippen molar-refractivity contribution in [2.24, 2.45) is 0 Å². The maximum atomic E-state index is 11.4. The summed E-state index contributed by atoms with van der Waals surface area (Å²) in [7, 11) is 1.67. The fraction of sp³-hybridized carbons (Fsp3) is 0.750. The van der Waals surface area contributed by atoms with Crippen molar-refractivity contribution in [2.75, 3.05) is 19.1 Å². The molecule has 0 aliphatic rings. The van der Waals surface area contributed by atoms with E-state index in [1.807, 2.05) is 6.26 Å². The zero-order chi connectivity index (χ0) is 11.1. The SMILES string of the molecule is CNC(CSC)C(=O)NC(C)C(=O)O. The van der Waals surface area contributed by atoms with Crippen LogP contribution in [0.5, 0.6) is 0 Å². The molecule has 0 fully saturated rings. The Morgan fingerprint density at radius 3 is 2.43 bits per heavy atom. The third-order valence-corrected chi connectivity index (χ3v) is 2.39. The number of nitrogens with one attached hydrogen (secondary N) is 2. The first-order chi connectivity index (χ1) is 6.52. The predicted molar refractivity (Wildman–Crippen MR) is 56.5 cm³/mol. The third-order valence-electron chi connectivity index (χ3n) is 1.73. The van der Waals surface area contributed by atoms with Crippen molar-refractivity contribution in [3.63, 3.8) is 0 Å². The number of likely N-dealkylation sites (N-methyl/N-ethyl adjacent to an activating group) is 1. The second kappa shape index (κ2) is 6.67. The van der Waals surface area contributed by atoms with Crippen molar-refractivity contribution in [1.29, 1.82) is 0 Å². The van der Waals surface area contributed by atoms with Gasteiger partial charge in [0.1, 0.15) is 6.04 Å². The number of carbonyl (C=O) groups is 2. The molecule has 2 atom stereocenters. The summed E-state index contributed by atoms with van der Waals surface area (Å²) in [6.45, 7) is 1.44. The first kappa shape index (κ1) is 13.2. The van der Waals surface area contributed by atoms with Gasteiger partial charge in [0.15, 0.2) is 0 Å². The van der Waals surface area contributed by atoms with Gasteiger partial charge in [-0.15, -0.1) is 0 Å². The Bertz CT molecular complexity index is 211. The number of carboxylic acids is 1. The van der Waals surface area contributed by atoms with E-state index < -0.39 is 12.0 Å². The molecular weight excluding hydrogens is 204 g/mol. The molecule has 6 heteroatoms. The van der Waals surface area contributed by atoms with E-state index in [0.29, 0.717) is 5.75 Å². The minimum atomic E-state index is -1.03. The second-order valence-electron chi connectivity index (χ2n) is 2.87. The maximum Gasteiger partial charge on any atom is 0.325 e. The van der Waals surface area contributed by atoms with E-state index in [1.54, 1.807) is 7.05 Å². The third kappa shape index (κ3) is 4.48. The summed E-state index contributed by atoms with van der Waals surface area (Å²) < 4.78 is 0. The number of thioether (sulfide) groups is 1. The predicted octanol–water partition coefficient (Wildman–Crippen LogP) is -0.473. The van der Waals surface area contributed by atoms with Gasteiger partial charge in [-0.2, -0.15) is 11.8 Å². The lowest BCUT2D eigenvalue weighted by Gasteiger charge is -2.16. The summed E-state index contributed by atoms with van der Waals surface area (Å²) in [5.74, 6) is -0.691. The van der Waals surface area contributed by atoms with Crippen LogP contribution in [0.1, 0.15) is 6.92 Å². The molecule has 5 nitrogen and oxygen atoms in total. The molecule has 1 amide bonds. The van der Waals surface area contributed by atoms with E-state index in [4.69, 9.17) is 5.11 Å². The maximum absolute atomic E-state index is 11.4. The van der Waals surface area contributed by atoms with Gasteiger partial charge in [0.05, 0.1) is 6.04 Å². The largest absolute Gasteiger partial charge is 0.480 e. The average Bonchev–Trinajstić information content (AvgIpc) is 2.13. The number of carbonyl (C=O) groups excluding carboxylic acids is 1. The molecule has 0 aliphatic heterocycles. The topological polar surface area (TPSA) is 78.4 Å². The number of carboxylic acid groups (broad SMARTS) is 1. The number of hydrogen-bond acceptors (Lipinski definition) is 4. The Morgan fingerprint density at radius 2 is 2.07 bits per heavy atom. The van der Waals surface area contributed by atoms with E-state index in [0.717, 1.165) is 0 Å². The minimum Gasteiger partial charge on any atom is -0.480 e. The highest BCUT2D eigenvalue weighted by Crippen LogP contribution is 1.97. The van der Waals surface area contributed by atoms with E-state index in [-0.39, 0.29) is 11.9 Å². The lowest BCUT2D eigenvalue weighted by atomic mass is 10.2. The van der Waals surface area contributed by atoms with Crippen LogP contribution < -0.4 is 10.6 Å². The molecule has 14 heavy (non-hydrogen) atoms. The van der Waals surface area contributed by atoms with Crippen molar-refractivity contribution in [1.82, 2.24) is 10.6 Å². The lowest BCUT2D eigenvalue weighted by molar-refractivity contribution is -0.141. The minimum absolute atomic E-state index is 0.281. The van der Waals surface area contributed by atoms with Crippen LogP contribution in [-0.4, -0.2) is 48.1 Å². The molecule has 0 heterocycles. The summed E-state index contributed by atoms with van der Waals surface area (Å²) in [6.07, 6.45) is 1.89. The number of amides is 1. The van der Waals surface area contributed by atoms with Crippen molar-refractivity contribution in [2.45, 2.75) is 19.0 Å². The first-order valence-electron chi connectivity index (χ1n) is 4.22. The van der Waals surface area contributed by atoms with Gasteiger partial charge in [-0.05, 0) is 20.2 Å². The Labute approximate surface area is 87.6 Å². The Balaban J connectivity index is 4.09. The van der Waals surface area contributed by atoms with Gasteiger partial charge in [0.2, 0.25) is 5.91 Å². The molecule has 0 saturated heterocycles. The molecular formula is C8H16N2O3S. The standard InChI is InChI=1S/C8H16N2O3S/c1-5(8(12)13)10-7(11)6(9-2)4-14-3/h5-6,9H,4H2,1-3H3,(H,10,11)(H,12,13). The van der Waals surface area contributed by atoms with Crippen LogP contribution in [-0.2, 0) is 9.59 Å². The van der Waals surface area contributed by atoms with Crippen molar-refractivity contribution in [3.05, 3.63) is 0 Å². The highest BCUT2D eigenvalue weighted by atomic mass is 32.2. The van der Waals surface area contributed by atoms with E-state index in [9.17, 15) is 9.59 Å². The van der Waals surface area contributed by atoms with Crippen LogP contribution in [0.2, 0.25) is 0 Å². The molecule has 0 aromatic heterocycles. The fourth-order valence-corrected chi connectivity index (χ4v) is 1.48. The van der Waals surface area contributed by atoms with Gasteiger partial charge in [-0.3, -0.25) is 9.59 Å². The zero-order valence-electron chi connectivity index (χ0n) is 8.53. The number of hydrogen-bond donors (Lipinski definition) is 3. The Morgan fingerprint density at radius 1 is 1.50 bits per heavy atom. The van der Waals surface area contributed by atoms with Gasteiger partial charge < -0.3 is 15.7 Å². The van der Waals surface area contributed by atoms with Crippen LogP contribution in [0.3, 0.4) is 0 Å². The van der Waals surface area contributed by atoms with Crippen LogP contribution in [0.4, 0.5) is 0 Å². The number of rotatable bonds is 6. The van der Waals surface area contributed by atoms with E-state index >= 15 is 0 Å². The zero-order valence-corrected chi connectivity index (χ0v) is 9.35. The van der Waals surface area contributed by atoms with Gasteiger partial charge in [0, 0.05) is 5.75 Å². The lowest BCUT2D eigenvalue weighted by Crippen LogP contribution is -2.49. The molecule has 0 aromatic carbocycles. The summed E-state index contributed by atoms with van der Waals surface area (Å²) in [4.78, 5) is 21.9. The molecule has 0 bridgehead atoms. The van der Waals surface area contributed by atoms with Gasteiger partial charge in [-0.25, -0.2) is 0 Å². The highest BCUT2D eigenvalue weighted by molar-refractivity contribution is 7.98. The molecule has 0 aliphatic carbocycles. The summed E-state index contributed by atoms with van der Waals surface area (Å²) >= 11 is 1.53. The van der Waals surface area contributed by atoms with Gasteiger partial charge in [0.25, 0.3) is 0 Å². The van der Waals surface area contributed by atoms with Crippen LogP contribution >= 0.6 is 11.8 Å². The smallest absolute Gasteiger partial charge is 0.325 e. The second-order valence-corrected chi connectivity index (χ2v) is 3.78. The summed E-state index contributed by atoms with van der Waals surface area (Å²) in [6, 6.07) is -1.19. The quantitative estimate of drug-likeness (QED) is 0.564. The molecule has 3 N–H and O–H groups in total. The molecule has 0 saturated carbocycles. The Kier molecular flexibility index (Phi) is 6.31. The van der Waals surface area contributed by atoms with Crippen molar-refractivity contribution >= 4 is 23.6 Å². The Hall–Kier alpha value is -0.750. The average molecular weight is 220 g/mol. The van der Waals surface area contributed by atoms with Crippen molar-refractivity contribution in [3.8, 4) is 0 Å². The monoisotopic (exact) mass is 220 g/mol. The molecule has 2 unspecified atom stereocenters. The molecule has 82 valence electrons. The highest BCUT2D eigenvalue weighted by Gasteiger charge is 2.20. The normalized spacial score (nSPS) is 14.5. The molecule has 0 spiro atoms. The van der Waals surface area contributed by atoms with E-state index in [1.165, 1.54) is 18.7 Å². The molecule has 0 aromatic rings. The number of aliphatic carboxylic acids is 1. The fourth-order valence-electron chi connectivity index (χ4n) is 0.832. The van der Waals surface area contributed by atoms with Gasteiger partial charge in [-0.1, -0.05) is 0 Å². The van der Waals surface area contributed by atoms with E-state index in [2.05, 4.69) is 10.6 Å².